The number of carbonyl (C=O) groups is 1. The lowest BCUT2D eigenvalue weighted by molar-refractivity contribution is -0.137. The van der Waals surface area contributed by atoms with Crippen LogP contribution in [0.4, 0.5) is 23.7 Å². The van der Waals surface area contributed by atoms with Crippen LogP contribution in [0.5, 0.6) is 0 Å². The molecule has 0 bridgehead atoms. The highest BCUT2D eigenvalue weighted by Crippen LogP contribution is 2.30. The van der Waals surface area contributed by atoms with Crippen molar-refractivity contribution >= 4 is 67.2 Å². The third kappa shape index (κ3) is 5.11. The number of rotatable bonds is 4. The molecule has 0 radical (unpaired) electrons. The minimum absolute atomic E-state index is 0.00899. The molecule has 2 aromatic carbocycles. The van der Waals surface area contributed by atoms with Crippen LogP contribution in [0.2, 0.25) is 9.36 Å². The van der Waals surface area contributed by atoms with Crippen LogP contribution in [0, 0.1) is 0 Å². The first-order valence-corrected chi connectivity index (χ1v) is 12.6. The van der Waals surface area contributed by atoms with E-state index in [0.717, 1.165) is 35.6 Å². The number of fused-ring (bicyclic) bond motifs is 1. The Morgan fingerprint density at radius 1 is 1.03 bits per heavy atom. The molecule has 9 nitrogen and oxygen atoms in total. The first-order chi connectivity index (χ1) is 16.8. The number of nitrogens with zero attached hydrogens (tertiary/aromatic N) is 1. The van der Waals surface area contributed by atoms with Gasteiger partial charge in [0.2, 0.25) is 0 Å². The van der Waals surface area contributed by atoms with Gasteiger partial charge in [0, 0.05) is 5.69 Å². The van der Waals surface area contributed by atoms with Gasteiger partial charge in [-0.05, 0) is 48.5 Å². The number of benzene rings is 2. The highest BCUT2D eigenvalue weighted by Gasteiger charge is 2.31. The molecule has 0 atom stereocenters. The SMILES string of the molecule is O=C(Nc1ccc(-n2c(=O)[nH]c3ccc(C(F)(F)F)cc3c2=O)c(Cl)c1)NS(=O)(=O)c1ccc(Cl)s1. The van der Waals surface area contributed by atoms with Gasteiger partial charge in [-0.15, -0.1) is 11.3 Å². The van der Waals surface area contributed by atoms with E-state index in [2.05, 4.69) is 10.3 Å². The summed E-state index contributed by atoms with van der Waals surface area (Å²) in [4.78, 5) is 39.9. The van der Waals surface area contributed by atoms with Gasteiger partial charge in [-0.2, -0.15) is 13.2 Å². The molecule has 4 aromatic rings. The Kier molecular flexibility index (Phi) is 6.64. The zero-order valence-corrected chi connectivity index (χ0v) is 20.5. The third-order valence-electron chi connectivity index (χ3n) is 4.71. The Bertz CT molecular complexity index is 1750. The summed E-state index contributed by atoms with van der Waals surface area (Å²) in [5.41, 5.74) is -3.40. The first-order valence-electron chi connectivity index (χ1n) is 9.51. The molecule has 188 valence electrons. The Morgan fingerprint density at radius 2 is 1.75 bits per heavy atom. The van der Waals surface area contributed by atoms with Gasteiger partial charge in [-0.1, -0.05) is 23.2 Å². The molecule has 0 unspecified atom stereocenters. The molecule has 36 heavy (non-hydrogen) atoms. The van der Waals surface area contributed by atoms with Crippen LogP contribution in [0.25, 0.3) is 16.6 Å². The topological polar surface area (TPSA) is 130 Å². The molecule has 0 fully saturated rings. The van der Waals surface area contributed by atoms with E-state index < -0.39 is 44.4 Å². The summed E-state index contributed by atoms with van der Waals surface area (Å²) in [7, 11) is -4.20. The molecule has 0 saturated carbocycles. The van der Waals surface area contributed by atoms with E-state index in [1.54, 1.807) is 4.72 Å². The number of H-pyrrole nitrogens is 1. The molecule has 0 aliphatic heterocycles. The fraction of sp³-hybridized carbons (Fsp3) is 0.0500. The summed E-state index contributed by atoms with van der Waals surface area (Å²) in [6.07, 6.45) is -4.71. The van der Waals surface area contributed by atoms with E-state index in [4.69, 9.17) is 23.2 Å². The van der Waals surface area contributed by atoms with Gasteiger partial charge >= 0.3 is 17.9 Å². The average molecular weight is 579 g/mol. The van der Waals surface area contributed by atoms with Gasteiger partial charge in [-0.3, -0.25) is 4.79 Å². The minimum Gasteiger partial charge on any atom is -0.307 e. The van der Waals surface area contributed by atoms with E-state index in [1.165, 1.54) is 18.2 Å². The molecule has 16 heteroatoms. The molecular weight excluding hydrogens is 568 g/mol. The number of halogens is 5. The van der Waals surface area contributed by atoms with Gasteiger partial charge in [0.05, 0.1) is 31.5 Å². The highest BCUT2D eigenvalue weighted by molar-refractivity contribution is 7.92. The number of urea groups is 1. The lowest BCUT2D eigenvalue weighted by Gasteiger charge is -2.12. The highest BCUT2D eigenvalue weighted by atomic mass is 35.5. The number of anilines is 1. The average Bonchev–Trinajstić information content (AvgIpc) is 3.21. The molecular formula is C20H11Cl2F3N4O5S2. The Labute approximate surface area is 213 Å². The molecule has 2 aromatic heterocycles. The number of sulfonamides is 1. The molecule has 0 saturated heterocycles. The molecule has 4 rings (SSSR count). The number of thiophene rings is 1. The summed E-state index contributed by atoms with van der Waals surface area (Å²) < 4.78 is 66.0. The monoisotopic (exact) mass is 578 g/mol. The normalized spacial score (nSPS) is 12.0. The quantitative estimate of drug-likeness (QED) is 0.326. The van der Waals surface area contributed by atoms with Crippen molar-refractivity contribution in [2.75, 3.05) is 5.32 Å². The van der Waals surface area contributed by atoms with Crippen LogP contribution in [-0.4, -0.2) is 24.0 Å². The molecule has 0 aliphatic rings. The fourth-order valence-electron chi connectivity index (χ4n) is 3.15. The smallest absolute Gasteiger partial charge is 0.307 e. The van der Waals surface area contributed by atoms with Crippen LogP contribution in [0.1, 0.15) is 5.56 Å². The number of alkyl halides is 3. The van der Waals surface area contributed by atoms with E-state index >= 15 is 0 Å². The van der Waals surface area contributed by atoms with Crippen LogP contribution < -0.4 is 21.3 Å². The summed E-state index contributed by atoms with van der Waals surface area (Å²) in [6.45, 7) is 0. The number of amides is 2. The van der Waals surface area contributed by atoms with Gasteiger partial charge < -0.3 is 10.3 Å². The Morgan fingerprint density at radius 3 is 2.36 bits per heavy atom. The Hall–Kier alpha value is -3.33. The fourth-order valence-corrected chi connectivity index (χ4v) is 5.80. The number of carbonyl (C=O) groups excluding carboxylic acids is 1. The number of hydrogen-bond acceptors (Lipinski definition) is 6. The van der Waals surface area contributed by atoms with Crippen molar-refractivity contribution < 1.29 is 26.4 Å². The summed E-state index contributed by atoms with van der Waals surface area (Å²) in [5, 5.41) is 1.60. The first kappa shape index (κ1) is 25.8. The molecule has 0 spiro atoms. The maximum absolute atomic E-state index is 13.1. The van der Waals surface area contributed by atoms with E-state index in [9.17, 15) is 36.0 Å². The van der Waals surface area contributed by atoms with Crippen molar-refractivity contribution in [2.24, 2.45) is 0 Å². The van der Waals surface area contributed by atoms with Gasteiger partial charge in [0.1, 0.15) is 4.21 Å². The van der Waals surface area contributed by atoms with Gasteiger partial charge in [0.15, 0.2) is 0 Å². The van der Waals surface area contributed by atoms with Crippen molar-refractivity contribution in [1.82, 2.24) is 14.3 Å². The van der Waals surface area contributed by atoms with Crippen LogP contribution in [0.15, 0.2) is 62.3 Å². The second-order valence-electron chi connectivity index (χ2n) is 7.11. The van der Waals surface area contributed by atoms with Crippen LogP contribution in [-0.2, 0) is 16.2 Å². The standard InChI is InChI=1S/C20H11Cl2F3N4O5S2/c21-12-8-10(26-18(31)28-36(33,34)16-6-5-15(22)35-16)2-4-14(12)29-17(30)11-7-9(20(23,24)25)1-3-13(11)27-19(29)32/h1-8H,(H,27,32)(H2,26,28,31). The maximum atomic E-state index is 13.1. The zero-order valence-electron chi connectivity index (χ0n) is 17.3. The van der Waals surface area contributed by atoms with Crippen molar-refractivity contribution in [3.63, 3.8) is 0 Å². The second kappa shape index (κ2) is 9.28. The minimum atomic E-state index is -4.71. The maximum Gasteiger partial charge on any atom is 0.416 e. The zero-order chi connectivity index (χ0) is 26.4. The van der Waals surface area contributed by atoms with E-state index in [0.29, 0.717) is 10.6 Å². The van der Waals surface area contributed by atoms with E-state index in [-0.39, 0.29) is 30.5 Å². The van der Waals surface area contributed by atoms with Crippen LogP contribution >= 0.6 is 34.5 Å². The molecule has 3 N–H and O–H groups in total. The van der Waals surface area contributed by atoms with Gasteiger partial charge in [0.25, 0.3) is 15.6 Å². The van der Waals surface area contributed by atoms with Crippen molar-refractivity contribution in [2.45, 2.75) is 10.4 Å². The molecule has 2 amide bonds. The Balaban J connectivity index is 1.65. The summed E-state index contributed by atoms with van der Waals surface area (Å²) in [6, 6.07) is 7.21. The van der Waals surface area contributed by atoms with Crippen molar-refractivity contribution in [3.05, 3.63) is 84.3 Å². The van der Waals surface area contributed by atoms with Gasteiger partial charge in [-0.25, -0.2) is 27.3 Å². The number of nitrogens with one attached hydrogen (secondary N) is 3. The van der Waals surface area contributed by atoms with Crippen molar-refractivity contribution in [3.8, 4) is 5.69 Å². The van der Waals surface area contributed by atoms with E-state index in [1.807, 2.05) is 0 Å². The number of aromatic nitrogens is 2. The molecule has 2 heterocycles. The predicted molar refractivity (Wildman–Crippen MR) is 129 cm³/mol. The lowest BCUT2D eigenvalue weighted by Crippen LogP contribution is -2.34. The molecule has 0 aliphatic carbocycles. The third-order valence-corrected chi connectivity index (χ3v) is 8.07. The van der Waals surface area contributed by atoms with Crippen molar-refractivity contribution in [1.29, 1.82) is 0 Å². The summed E-state index contributed by atoms with van der Waals surface area (Å²) in [5.74, 6) is 0. The summed E-state index contributed by atoms with van der Waals surface area (Å²) >= 11 is 12.6. The second-order valence-corrected chi connectivity index (χ2v) is 11.1. The van der Waals surface area contributed by atoms with Crippen LogP contribution in [0.3, 0.4) is 0 Å². The largest absolute Gasteiger partial charge is 0.416 e. The number of aromatic amines is 1. The number of hydrogen-bond donors (Lipinski definition) is 3. The lowest BCUT2D eigenvalue weighted by atomic mass is 10.1. The predicted octanol–water partition coefficient (Wildman–Crippen LogP) is 4.58.